The predicted octanol–water partition coefficient (Wildman–Crippen LogP) is 4.50. The molecule has 2 N–H and O–H groups in total. The van der Waals surface area contributed by atoms with Crippen LogP contribution in [0, 0.1) is 0 Å². The fourth-order valence-electron chi connectivity index (χ4n) is 4.18. The van der Waals surface area contributed by atoms with Gasteiger partial charge in [-0.15, -0.1) is 0 Å². The van der Waals surface area contributed by atoms with Gasteiger partial charge in [-0.25, -0.2) is 4.98 Å². The largest absolute Gasteiger partial charge is 0.370 e. The number of rotatable bonds is 6. The number of nitrogens with one attached hydrogen (secondary N) is 2. The van der Waals surface area contributed by atoms with E-state index in [1.54, 1.807) is 6.07 Å². The number of fused-ring (bicyclic) bond motifs is 1. The molecule has 0 aliphatic heterocycles. The Balaban J connectivity index is 1.71. The Kier molecular flexibility index (Phi) is 5.74. The van der Waals surface area contributed by atoms with Crippen LogP contribution in [0.25, 0.3) is 11.0 Å². The lowest BCUT2D eigenvalue weighted by Gasteiger charge is -2.24. The molecule has 7 nitrogen and oxygen atoms in total. The molecule has 2 heterocycles. The molecule has 29 heavy (non-hydrogen) atoms. The van der Waals surface area contributed by atoms with E-state index in [1.165, 1.54) is 44.5 Å². The summed E-state index contributed by atoms with van der Waals surface area (Å²) >= 11 is 0. The molecule has 152 valence electrons. The Morgan fingerprint density at radius 3 is 2.66 bits per heavy atom. The first-order chi connectivity index (χ1) is 14.2. The average molecular weight is 393 g/mol. The number of benzene rings is 1. The quantitative estimate of drug-likeness (QED) is 0.645. The number of amides is 1. The summed E-state index contributed by atoms with van der Waals surface area (Å²) in [6.07, 6.45) is 9.25. The number of carbonyl (C=O) groups is 1. The van der Waals surface area contributed by atoms with Crippen LogP contribution in [0.2, 0.25) is 0 Å². The molecular formula is C22H28N6O. The molecule has 0 atom stereocenters. The molecule has 4 rings (SSSR count). The smallest absolute Gasteiger partial charge is 0.257 e. The zero-order valence-electron chi connectivity index (χ0n) is 17.1. The molecule has 1 amide bonds. The maximum Gasteiger partial charge on any atom is 0.257 e. The maximum absolute atomic E-state index is 12.7. The van der Waals surface area contributed by atoms with E-state index >= 15 is 0 Å². The summed E-state index contributed by atoms with van der Waals surface area (Å²) in [5, 5.41) is 10.6. The van der Waals surface area contributed by atoms with Crippen LogP contribution in [0.1, 0.15) is 68.1 Å². The van der Waals surface area contributed by atoms with Gasteiger partial charge >= 0.3 is 0 Å². The van der Waals surface area contributed by atoms with Gasteiger partial charge in [-0.1, -0.05) is 19.3 Å². The summed E-state index contributed by atoms with van der Waals surface area (Å²) in [4.78, 5) is 23.4. The molecule has 1 aliphatic rings. The number of imidazole rings is 1. The van der Waals surface area contributed by atoms with Crippen molar-refractivity contribution >= 4 is 28.3 Å². The van der Waals surface area contributed by atoms with E-state index in [4.69, 9.17) is 4.98 Å². The summed E-state index contributed by atoms with van der Waals surface area (Å²) in [6, 6.07) is 5.76. The van der Waals surface area contributed by atoms with Gasteiger partial charge in [0, 0.05) is 19.0 Å². The van der Waals surface area contributed by atoms with Crippen LogP contribution < -0.4 is 10.2 Å². The molecule has 0 unspecified atom stereocenters. The van der Waals surface area contributed by atoms with Crippen LogP contribution in [0.4, 0.5) is 11.4 Å². The normalized spacial score (nSPS) is 14.8. The van der Waals surface area contributed by atoms with Crippen LogP contribution in [0.5, 0.6) is 0 Å². The number of carbonyl (C=O) groups excluding carboxylic acids is 1. The Morgan fingerprint density at radius 2 is 1.97 bits per heavy atom. The Labute approximate surface area is 170 Å². The van der Waals surface area contributed by atoms with Gasteiger partial charge in [-0.2, -0.15) is 10.2 Å². The van der Waals surface area contributed by atoms with Crippen LogP contribution >= 0.6 is 0 Å². The SMILES string of the molecule is CCN(CC)c1cc2[nH]c(C3CCCCC3)nc2cc1NC(=O)c1ccnnc1. The van der Waals surface area contributed by atoms with E-state index in [0.717, 1.165) is 41.3 Å². The van der Waals surface area contributed by atoms with Crippen molar-refractivity contribution in [3.05, 3.63) is 42.0 Å². The minimum Gasteiger partial charge on any atom is -0.370 e. The van der Waals surface area contributed by atoms with E-state index < -0.39 is 0 Å². The highest BCUT2D eigenvalue weighted by molar-refractivity contribution is 6.07. The van der Waals surface area contributed by atoms with Crippen molar-refractivity contribution in [1.82, 2.24) is 20.2 Å². The van der Waals surface area contributed by atoms with Crippen LogP contribution in [-0.2, 0) is 0 Å². The fourth-order valence-corrected chi connectivity index (χ4v) is 4.18. The van der Waals surface area contributed by atoms with E-state index in [2.05, 4.69) is 45.3 Å². The molecule has 3 aromatic rings. The monoisotopic (exact) mass is 392 g/mol. The van der Waals surface area contributed by atoms with Gasteiger partial charge in [0.1, 0.15) is 5.82 Å². The molecule has 2 aromatic heterocycles. The first-order valence-electron chi connectivity index (χ1n) is 10.6. The van der Waals surface area contributed by atoms with E-state index in [1.807, 2.05) is 6.07 Å². The molecule has 0 saturated heterocycles. The van der Waals surface area contributed by atoms with Crippen LogP contribution in [0.3, 0.4) is 0 Å². The number of H-pyrrole nitrogens is 1. The first-order valence-corrected chi connectivity index (χ1v) is 10.6. The van der Waals surface area contributed by atoms with E-state index in [9.17, 15) is 4.79 Å². The third-order valence-electron chi connectivity index (χ3n) is 5.81. The lowest BCUT2D eigenvalue weighted by atomic mass is 9.89. The first kappa shape index (κ1) is 19.4. The van der Waals surface area contributed by atoms with Crippen molar-refractivity contribution in [1.29, 1.82) is 0 Å². The number of nitrogens with zero attached hydrogens (tertiary/aromatic N) is 4. The number of anilines is 2. The summed E-state index contributed by atoms with van der Waals surface area (Å²) in [6.45, 7) is 5.94. The zero-order chi connectivity index (χ0) is 20.2. The van der Waals surface area contributed by atoms with Gasteiger partial charge in [-0.05, 0) is 44.9 Å². The van der Waals surface area contributed by atoms with Gasteiger partial charge in [0.05, 0.1) is 40.4 Å². The van der Waals surface area contributed by atoms with Crippen molar-refractivity contribution < 1.29 is 4.79 Å². The molecule has 1 saturated carbocycles. The van der Waals surface area contributed by atoms with Crippen molar-refractivity contribution in [2.45, 2.75) is 51.9 Å². The second-order valence-corrected chi connectivity index (χ2v) is 7.60. The van der Waals surface area contributed by atoms with Gasteiger partial charge in [-0.3, -0.25) is 4.79 Å². The highest BCUT2D eigenvalue weighted by Crippen LogP contribution is 2.35. The minimum absolute atomic E-state index is 0.198. The second kappa shape index (κ2) is 8.59. The molecule has 1 fully saturated rings. The summed E-state index contributed by atoms with van der Waals surface area (Å²) < 4.78 is 0. The molecule has 1 aliphatic carbocycles. The van der Waals surface area contributed by atoms with Crippen molar-refractivity contribution in [3.63, 3.8) is 0 Å². The Bertz CT molecular complexity index is 974. The summed E-state index contributed by atoms with van der Waals surface area (Å²) in [5.74, 6) is 1.39. The summed E-state index contributed by atoms with van der Waals surface area (Å²) in [7, 11) is 0. The standard InChI is InChI=1S/C22H28N6O/c1-3-28(4-2)20-13-18-17(25-21(26-18)15-8-6-5-7-9-15)12-19(20)27-22(29)16-10-11-23-24-14-16/h10-15H,3-9H2,1-2H3,(H,25,26)(H,27,29). The van der Waals surface area contributed by atoms with Gasteiger partial charge in [0.15, 0.2) is 0 Å². The van der Waals surface area contributed by atoms with Crippen molar-refractivity contribution in [2.24, 2.45) is 0 Å². The molecule has 0 radical (unpaired) electrons. The van der Waals surface area contributed by atoms with E-state index in [0.29, 0.717) is 11.5 Å². The highest BCUT2D eigenvalue weighted by Gasteiger charge is 2.21. The average Bonchev–Trinajstić information content (AvgIpc) is 3.19. The minimum atomic E-state index is -0.198. The number of hydrogen-bond acceptors (Lipinski definition) is 5. The number of aromatic amines is 1. The molecule has 0 bridgehead atoms. The summed E-state index contributed by atoms with van der Waals surface area (Å²) in [5.41, 5.74) is 4.16. The Hall–Kier alpha value is -2.96. The highest BCUT2D eigenvalue weighted by atomic mass is 16.1. The topological polar surface area (TPSA) is 86.8 Å². The van der Waals surface area contributed by atoms with E-state index in [-0.39, 0.29) is 5.91 Å². The number of aromatic nitrogens is 4. The van der Waals surface area contributed by atoms with Crippen LogP contribution in [-0.4, -0.2) is 39.2 Å². The second-order valence-electron chi connectivity index (χ2n) is 7.60. The maximum atomic E-state index is 12.7. The van der Waals surface area contributed by atoms with Crippen molar-refractivity contribution in [3.8, 4) is 0 Å². The van der Waals surface area contributed by atoms with Crippen molar-refractivity contribution in [2.75, 3.05) is 23.3 Å². The third kappa shape index (κ3) is 4.09. The Morgan fingerprint density at radius 1 is 1.17 bits per heavy atom. The fraction of sp³-hybridized carbons (Fsp3) is 0.455. The van der Waals surface area contributed by atoms with Crippen LogP contribution in [0.15, 0.2) is 30.6 Å². The third-order valence-corrected chi connectivity index (χ3v) is 5.81. The molecule has 7 heteroatoms. The molecule has 0 spiro atoms. The number of hydrogen-bond donors (Lipinski definition) is 2. The lowest BCUT2D eigenvalue weighted by Crippen LogP contribution is -2.24. The van der Waals surface area contributed by atoms with Gasteiger partial charge < -0.3 is 15.2 Å². The zero-order valence-corrected chi connectivity index (χ0v) is 17.1. The van der Waals surface area contributed by atoms with Gasteiger partial charge in [0.2, 0.25) is 0 Å². The molecule has 1 aromatic carbocycles. The molecular weight excluding hydrogens is 364 g/mol. The lowest BCUT2D eigenvalue weighted by molar-refractivity contribution is 0.102. The predicted molar refractivity (Wildman–Crippen MR) is 115 cm³/mol. The van der Waals surface area contributed by atoms with Gasteiger partial charge in [0.25, 0.3) is 5.91 Å².